The lowest BCUT2D eigenvalue weighted by atomic mass is 10.1. The second-order valence-electron chi connectivity index (χ2n) is 2.78. The third kappa shape index (κ3) is 2.87. The van der Waals surface area contributed by atoms with Crippen LogP contribution in [0, 0.1) is 0 Å². The molecule has 0 saturated carbocycles. The normalized spacial score (nSPS) is 12.2. The van der Waals surface area contributed by atoms with Crippen molar-refractivity contribution in [2.45, 2.75) is 12.5 Å². The van der Waals surface area contributed by atoms with Gasteiger partial charge in [0.25, 0.3) is 0 Å². The van der Waals surface area contributed by atoms with E-state index < -0.39 is 6.04 Å². The fourth-order valence-electron chi connectivity index (χ4n) is 1.06. The molecule has 13 heavy (non-hydrogen) atoms. The van der Waals surface area contributed by atoms with Gasteiger partial charge in [-0.15, -0.1) is 0 Å². The van der Waals surface area contributed by atoms with Crippen LogP contribution in [0.5, 0.6) is 5.75 Å². The molecular weight excluding hydrogens is 166 g/mol. The summed E-state index contributed by atoms with van der Waals surface area (Å²) in [4.78, 5) is 10.2. The number of methoxy groups -OCH3 is 1. The van der Waals surface area contributed by atoms with Crippen LogP contribution in [-0.4, -0.2) is 19.4 Å². The molecular formula is C10H12NO2. The summed E-state index contributed by atoms with van der Waals surface area (Å²) in [6, 6.07) is 6.92. The Hall–Kier alpha value is -1.35. The van der Waals surface area contributed by atoms with Gasteiger partial charge in [-0.05, 0) is 24.1 Å². The van der Waals surface area contributed by atoms with Gasteiger partial charge < -0.3 is 10.5 Å². The highest BCUT2D eigenvalue weighted by Gasteiger charge is 2.02. The molecule has 0 spiro atoms. The summed E-state index contributed by atoms with van der Waals surface area (Å²) in [7, 11) is 1.61. The van der Waals surface area contributed by atoms with Crippen molar-refractivity contribution < 1.29 is 9.53 Å². The summed E-state index contributed by atoms with van der Waals surface area (Å²) in [5.74, 6) is 0.799. The first-order valence-electron chi connectivity index (χ1n) is 4.02. The molecule has 1 aromatic carbocycles. The molecule has 0 unspecified atom stereocenters. The van der Waals surface area contributed by atoms with Crippen LogP contribution in [0.25, 0.3) is 0 Å². The predicted octanol–water partition coefficient (Wildman–Crippen LogP) is 0.675. The Morgan fingerprint density at radius 2 is 2.08 bits per heavy atom. The Morgan fingerprint density at radius 3 is 2.54 bits per heavy atom. The minimum absolute atomic E-state index is 0.521. The zero-order valence-corrected chi connectivity index (χ0v) is 7.49. The zero-order chi connectivity index (χ0) is 9.68. The second-order valence-corrected chi connectivity index (χ2v) is 2.78. The summed E-state index contributed by atoms with van der Waals surface area (Å²) >= 11 is 0. The number of benzene rings is 1. The molecule has 1 aromatic rings. The van der Waals surface area contributed by atoms with Gasteiger partial charge in [-0.25, -0.2) is 0 Å². The van der Waals surface area contributed by atoms with E-state index in [9.17, 15) is 4.79 Å². The molecule has 1 atom stereocenters. The Labute approximate surface area is 77.5 Å². The van der Waals surface area contributed by atoms with Crippen molar-refractivity contribution in [1.29, 1.82) is 0 Å². The van der Waals surface area contributed by atoms with Crippen LogP contribution in [0.4, 0.5) is 0 Å². The van der Waals surface area contributed by atoms with Gasteiger partial charge >= 0.3 is 0 Å². The summed E-state index contributed by atoms with van der Waals surface area (Å²) in [5.41, 5.74) is 6.43. The topological polar surface area (TPSA) is 52.3 Å². The van der Waals surface area contributed by atoms with Crippen molar-refractivity contribution >= 4 is 6.29 Å². The van der Waals surface area contributed by atoms with E-state index in [1.54, 1.807) is 13.4 Å². The van der Waals surface area contributed by atoms with Gasteiger partial charge in [0, 0.05) is 0 Å². The minimum Gasteiger partial charge on any atom is -0.497 e. The molecule has 3 heteroatoms. The third-order valence-electron chi connectivity index (χ3n) is 1.77. The van der Waals surface area contributed by atoms with Crippen LogP contribution in [0.2, 0.25) is 0 Å². The standard InChI is InChI=1S/C10H12NO2/c1-13-10-4-2-8(3-5-10)6-9(11)7-12/h2-5,9H,6,11H2,1H3/t9-/m0/s1. The van der Waals surface area contributed by atoms with E-state index in [-0.39, 0.29) is 0 Å². The maximum atomic E-state index is 10.2. The number of carbonyl (C=O) groups excluding carboxylic acids is 1. The summed E-state index contributed by atoms with van der Waals surface area (Å²) < 4.78 is 4.99. The third-order valence-corrected chi connectivity index (χ3v) is 1.77. The Kier molecular flexibility index (Phi) is 3.46. The minimum atomic E-state index is -0.534. The van der Waals surface area contributed by atoms with E-state index in [0.29, 0.717) is 6.42 Å². The first kappa shape index (κ1) is 9.74. The van der Waals surface area contributed by atoms with E-state index in [0.717, 1.165) is 11.3 Å². The maximum absolute atomic E-state index is 10.2. The molecule has 0 fully saturated rings. The van der Waals surface area contributed by atoms with Crippen molar-refractivity contribution in [2.24, 2.45) is 5.73 Å². The van der Waals surface area contributed by atoms with Gasteiger partial charge in [-0.1, -0.05) is 12.1 Å². The molecule has 0 amide bonds. The van der Waals surface area contributed by atoms with Crippen molar-refractivity contribution in [3.8, 4) is 5.75 Å². The Morgan fingerprint density at radius 1 is 1.46 bits per heavy atom. The highest BCUT2D eigenvalue weighted by atomic mass is 16.5. The van der Waals surface area contributed by atoms with Gasteiger partial charge in [0.1, 0.15) is 5.75 Å². The summed E-state index contributed by atoms with van der Waals surface area (Å²) in [6.07, 6.45) is 2.26. The average molecular weight is 178 g/mol. The lowest BCUT2D eigenvalue weighted by Gasteiger charge is -2.04. The molecule has 69 valence electrons. The smallest absolute Gasteiger partial charge is 0.217 e. The monoisotopic (exact) mass is 178 g/mol. The molecule has 0 aliphatic rings. The number of hydrogen-bond donors (Lipinski definition) is 1. The maximum Gasteiger partial charge on any atom is 0.217 e. The van der Waals surface area contributed by atoms with Crippen molar-refractivity contribution in [2.75, 3.05) is 7.11 Å². The molecule has 0 heterocycles. The fourth-order valence-corrected chi connectivity index (χ4v) is 1.06. The second kappa shape index (κ2) is 4.62. The van der Waals surface area contributed by atoms with Crippen LogP contribution in [0.1, 0.15) is 5.56 Å². The Balaban J connectivity index is 2.63. The predicted molar refractivity (Wildman–Crippen MR) is 50.4 cm³/mol. The van der Waals surface area contributed by atoms with E-state index in [2.05, 4.69) is 0 Å². The lowest BCUT2D eigenvalue weighted by molar-refractivity contribution is 0.414. The molecule has 2 N–H and O–H groups in total. The summed E-state index contributed by atoms with van der Waals surface area (Å²) in [6.45, 7) is 0. The van der Waals surface area contributed by atoms with Crippen LogP contribution >= 0.6 is 0 Å². The Bertz CT molecular complexity index is 269. The zero-order valence-electron chi connectivity index (χ0n) is 7.49. The highest BCUT2D eigenvalue weighted by molar-refractivity contribution is 5.58. The first-order valence-corrected chi connectivity index (χ1v) is 4.02. The van der Waals surface area contributed by atoms with E-state index >= 15 is 0 Å². The van der Waals surface area contributed by atoms with Gasteiger partial charge in [0.05, 0.1) is 13.2 Å². The van der Waals surface area contributed by atoms with Crippen molar-refractivity contribution in [3.05, 3.63) is 29.8 Å². The molecule has 0 aliphatic heterocycles. The lowest BCUT2D eigenvalue weighted by Crippen LogP contribution is -2.23. The largest absolute Gasteiger partial charge is 0.497 e. The number of rotatable bonds is 4. The average Bonchev–Trinajstić information content (AvgIpc) is 2.19. The van der Waals surface area contributed by atoms with E-state index in [4.69, 9.17) is 10.5 Å². The fraction of sp³-hybridized carbons (Fsp3) is 0.300. The van der Waals surface area contributed by atoms with Gasteiger partial charge in [-0.3, -0.25) is 4.79 Å². The van der Waals surface area contributed by atoms with E-state index in [1.807, 2.05) is 24.3 Å². The molecule has 0 saturated heterocycles. The SMILES string of the molecule is COc1ccc(C[C@H](N)[C]=O)cc1. The number of nitrogens with two attached hydrogens (primary N) is 1. The highest BCUT2D eigenvalue weighted by Crippen LogP contribution is 2.11. The molecule has 1 rings (SSSR count). The van der Waals surface area contributed by atoms with Gasteiger partial charge in [0.2, 0.25) is 6.29 Å². The van der Waals surface area contributed by atoms with Gasteiger partial charge in [-0.2, -0.15) is 0 Å². The first-order chi connectivity index (χ1) is 6.26. The van der Waals surface area contributed by atoms with Crippen LogP contribution in [0.3, 0.4) is 0 Å². The number of ether oxygens (including phenoxy) is 1. The van der Waals surface area contributed by atoms with Crippen LogP contribution in [-0.2, 0) is 11.2 Å². The molecule has 0 aromatic heterocycles. The molecule has 3 nitrogen and oxygen atoms in total. The van der Waals surface area contributed by atoms with Crippen molar-refractivity contribution in [1.82, 2.24) is 0 Å². The molecule has 0 aliphatic carbocycles. The van der Waals surface area contributed by atoms with Gasteiger partial charge in [0.15, 0.2) is 0 Å². The van der Waals surface area contributed by atoms with E-state index in [1.165, 1.54) is 0 Å². The summed E-state index contributed by atoms with van der Waals surface area (Å²) in [5, 5.41) is 0. The molecule has 1 radical (unpaired) electrons. The quantitative estimate of drug-likeness (QED) is 0.737. The van der Waals surface area contributed by atoms with Crippen LogP contribution < -0.4 is 10.5 Å². The van der Waals surface area contributed by atoms with Crippen molar-refractivity contribution in [3.63, 3.8) is 0 Å². The molecule has 0 bridgehead atoms. The number of hydrogen-bond acceptors (Lipinski definition) is 3. The van der Waals surface area contributed by atoms with Crippen LogP contribution in [0.15, 0.2) is 24.3 Å².